The first-order valence-corrected chi connectivity index (χ1v) is 4.95. The molecule has 5 nitrogen and oxygen atoms in total. The highest BCUT2D eigenvalue weighted by Gasteiger charge is 2.34. The molecule has 1 saturated heterocycles. The van der Waals surface area contributed by atoms with Crippen molar-refractivity contribution < 1.29 is 23.7 Å². The predicted octanol–water partition coefficient (Wildman–Crippen LogP) is 0.716. The van der Waals surface area contributed by atoms with Gasteiger partial charge in [-0.05, 0) is 13.8 Å². The molecule has 2 unspecified atom stereocenters. The summed E-state index contributed by atoms with van der Waals surface area (Å²) in [7, 11) is 1.51. The summed E-state index contributed by atoms with van der Waals surface area (Å²) in [6, 6.07) is 0. The van der Waals surface area contributed by atoms with Gasteiger partial charge in [0.25, 0.3) is 0 Å². The van der Waals surface area contributed by atoms with Crippen molar-refractivity contribution in [2.24, 2.45) is 0 Å². The topological polar surface area (TPSA) is 54.0 Å². The molecule has 0 aromatic rings. The number of aldehydes is 1. The number of carbonyl (C=O) groups is 1. The van der Waals surface area contributed by atoms with Gasteiger partial charge in [0, 0.05) is 13.5 Å². The van der Waals surface area contributed by atoms with Crippen molar-refractivity contribution in [3.63, 3.8) is 0 Å². The Balaban J connectivity index is 2.30. The lowest BCUT2D eigenvalue weighted by atomic mass is 10.2. The highest BCUT2D eigenvalue weighted by atomic mass is 16.7. The minimum Gasteiger partial charge on any atom is -0.359 e. The van der Waals surface area contributed by atoms with Crippen LogP contribution >= 0.6 is 0 Å². The molecular weight excluding hydrogens is 200 g/mol. The maximum Gasteiger partial charge on any atom is 0.163 e. The first kappa shape index (κ1) is 12.6. The molecule has 88 valence electrons. The number of hydrogen-bond acceptors (Lipinski definition) is 5. The Morgan fingerprint density at radius 1 is 1.60 bits per heavy atom. The molecule has 0 spiro atoms. The van der Waals surface area contributed by atoms with Gasteiger partial charge in [-0.15, -0.1) is 0 Å². The van der Waals surface area contributed by atoms with Crippen LogP contribution in [0, 0.1) is 0 Å². The highest BCUT2D eigenvalue weighted by Crippen LogP contribution is 2.24. The van der Waals surface area contributed by atoms with Crippen molar-refractivity contribution in [1.82, 2.24) is 0 Å². The second kappa shape index (κ2) is 5.55. The van der Waals surface area contributed by atoms with Gasteiger partial charge in [0.1, 0.15) is 19.2 Å². The van der Waals surface area contributed by atoms with Crippen molar-refractivity contribution in [1.29, 1.82) is 0 Å². The second-order valence-electron chi connectivity index (χ2n) is 3.93. The van der Waals surface area contributed by atoms with Gasteiger partial charge >= 0.3 is 0 Å². The molecule has 0 aromatic heterocycles. The fourth-order valence-electron chi connectivity index (χ4n) is 1.46. The van der Waals surface area contributed by atoms with E-state index in [2.05, 4.69) is 0 Å². The van der Waals surface area contributed by atoms with Gasteiger partial charge in [-0.2, -0.15) is 0 Å². The van der Waals surface area contributed by atoms with E-state index in [0.717, 1.165) is 6.29 Å². The van der Waals surface area contributed by atoms with Crippen molar-refractivity contribution >= 4 is 6.29 Å². The lowest BCUT2D eigenvalue weighted by Gasteiger charge is -2.18. The summed E-state index contributed by atoms with van der Waals surface area (Å²) < 4.78 is 20.8. The lowest BCUT2D eigenvalue weighted by molar-refractivity contribution is -0.149. The molecule has 0 N–H and O–H groups in total. The van der Waals surface area contributed by atoms with E-state index in [4.69, 9.17) is 18.9 Å². The molecule has 0 saturated carbocycles. The molecular formula is C10H18O5. The van der Waals surface area contributed by atoms with E-state index in [-0.39, 0.29) is 12.9 Å². The molecule has 0 amide bonds. The number of ether oxygens (including phenoxy) is 4. The molecule has 1 rings (SSSR count). The summed E-state index contributed by atoms with van der Waals surface area (Å²) in [6.45, 7) is 4.30. The Morgan fingerprint density at radius 2 is 2.33 bits per heavy atom. The molecule has 0 aliphatic carbocycles. The summed E-state index contributed by atoms with van der Waals surface area (Å²) in [5.41, 5.74) is 0. The molecule has 2 atom stereocenters. The summed E-state index contributed by atoms with van der Waals surface area (Å²) in [5, 5.41) is 0. The fraction of sp³-hybridized carbons (Fsp3) is 0.900. The van der Waals surface area contributed by atoms with Gasteiger partial charge in [-0.3, -0.25) is 0 Å². The molecule has 5 heteroatoms. The monoisotopic (exact) mass is 218 g/mol. The first-order valence-electron chi connectivity index (χ1n) is 4.95. The van der Waals surface area contributed by atoms with Crippen LogP contribution in [0.1, 0.15) is 20.3 Å². The molecule has 0 aromatic carbocycles. The minimum atomic E-state index is -0.556. The van der Waals surface area contributed by atoms with E-state index in [1.54, 1.807) is 0 Å². The third kappa shape index (κ3) is 4.25. The van der Waals surface area contributed by atoms with Gasteiger partial charge in [0.2, 0.25) is 0 Å². The zero-order valence-corrected chi connectivity index (χ0v) is 9.39. The van der Waals surface area contributed by atoms with E-state index in [0.29, 0.717) is 13.0 Å². The molecule has 0 radical (unpaired) electrons. The largest absolute Gasteiger partial charge is 0.359 e. The predicted molar refractivity (Wildman–Crippen MR) is 52.3 cm³/mol. The molecule has 1 fully saturated rings. The van der Waals surface area contributed by atoms with E-state index in [1.807, 2.05) is 13.8 Å². The zero-order valence-electron chi connectivity index (χ0n) is 9.39. The minimum absolute atomic E-state index is 0.0907. The van der Waals surface area contributed by atoms with Crippen LogP contribution in [-0.4, -0.2) is 44.8 Å². The van der Waals surface area contributed by atoms with Gasteiger partial charge < -0.3 is 23.7 Å². The maximum atomic E-state index is 10.7. The SMILES string of the molecule is COCOC(C=O)CC1COC(C)(C)O1. The number of carbonyl (C=O) groups excluding carboxylic acids is 1. The lowest BCUT2D eigenvalue weighted by Crippen LogP contribution is -2.26. The van der Waals surface area contributed by atoms with Gasteiger partial charge in [0.05, 0.1) is 12.7 Å². The van der Waals surface area contributed by atoms with Crippen molar-refractivity contribution in [3.8, 4) is 0 Å². The van der Waals surface area contributed by atoms with Crippen LogP contribution in [-0.2, 0) is 23.7 Å². The van der Waals surface area contributed by atoms with Crippen molar-refractivity contribution in [2.75, 3.05) is 20.5 Å². The molecule has 1 aliphatic rings. The average molecular weight is 218 g/mol. The Morgan fingerprint density at radius 3 is 2.80 bits per heavy atom. The van der Waals surface area contributed by atoms with Crippen LogP contribution in [0.4, 0.5) is 0 Å². The van der Waals surface area contributed by atoms with Crippen LogP contribution < -0.4 is 0 Å². The quantitative estimate of drug-likeness (QED) is 0.485. The molecule has 0 bridgehead atoms. The Labute approximate surface area is 89.6 Å². The van der Waals surface area contributed by atoms with Crippen LogP contribution in [0.25, 0.3) is 0 Å². The van der Waals surface area contributed by atoms with Crippen LogP contribution in [0.15, 0.2) is 0 Å². The van der Waals surface area contributed by atoms with E-state index >= 15 is 0 Å². The van der Waals surface area contributed by atoms with Crippen LogP contribution in [0.2, 0.25) is 0 Å². The van der Waals surface area contributed by atoms with E-state index < -0.39 is 11.9 Å². The summed E-state index contributed by atoms with van der Waals surface area (Å²) in [5.74, 6) is -0.556. The average Bonchev–Trinajstić information content (AvgIpc) is 2.52. The van der Waals surface area contributed by atoms with Gasteiger partial charge in [-0.1, -0.05) is 0 Å². The van der Waals surface area contributed by atoms with Crippen molar-refractivity contribution in [2.45, 2.75) is 38.3 Å². The number of methoxy groups -OCH3 is 1. The Hall–Kier alpha value is -0.490. The molecule has 1 heterocycles. The standard InChI is InChI=1S/C10H18O5/c1-10(2)14-6-9(15-10)4-8(5-11)13-7-12-3/h5,8-9H,4,6-7H2,1-3H3. The normalized spacial score (nSPS) is 26.5. The first-order chi connectivity index (χ1) is 7.07. The highest BCUT2D eigenvalue weighted by molar-refractivity contribution is 5.55. The third-order valence-corrected chi connectivity index (χ3v) is 2.11. The second-order valence-corrected chi connectivity index (χ2v) is 3.93. The summed E-state index contributed by atoms with van der Waals surface area (Å²) in [6.07, 6.45) is 0.670. The molecule has 1 aliphatic heterocycles. The zero-order chi connectivity index (χ0) is 11.3. The summed E-state index contributed by atoms with van der Waals surface area (Å²) >= 11 is 0. The molecule has 15 heavy (non-hydrogen) atoms. The Kier molecular flexibility index (Phi) is 4.66. The number of rotatable bonds is 6. The van der Waals surface area contributed by atoms with Crippen molar-refractivity contribution in [3.05, 3.63) is 0 Å². The van der Waals surface area contributed by atoms with E-state index in [9.17, 15) is 4.79 Å². The third-order valence-electron chi connectivity index (χ3n) is 2.11. The van der Waals surface area contributed by atoms with Gasteiger partial charge in [0.15, 0.2) is 5.79 Å². The summed E-state index contributed by atoms with van der Waals surface area (Å²) in [4.78, 5) is 10.7. The van der Waals surface area contributed by atoms with Gasteiger partial charge in [-0.25, -0.2) is 0 Å². The Bertz CT molecular complexity index is 204. The number of hydrogen-bond donors (Lipinski definition) is 0. The van der Waals surface area contributed by atoms with E-state index in [1.165, 1.54) is 7.11 Å². The fourth-order valence-corrected chi connectivity index (χ4v) is 1.46. The smallest absolute Gasteiger partial charge is 0.163 e. The van der Waals surface area contributed by atoms with Crippen LogP contribution in [0.3, 0.4) is 0 Å². The van der Waals surface area contributed by atoms with Crippen LogP contribution in [0.5, 0.6) is 0 Å². The maximum absolute atomic E-state index is 10.7.